The minimum atomic E-state index is -0.824. The Hall–Kier alpha value is -2.94. The van der Waals surface area contributed by atoms with Crippen LogP contribution in [-0.2, 0) is 25.7 Å². The van der Waals surface area contributed by atoms with Crippen LogP contribution in [0.2, 0.25) is 0 Å². The number of nitro benzene ring substituents is 1. The second-order valence-corrected chi connectivity index (χ2v) is 6.67. The molecule has 0 radical (unpaired) electrons. The molecule has 1 fully saturated rings. The van der Waals surface area contributed by atoms with Crippen LogP contribution in [0.1, 0.15) is 19.4 Å². The number of rotatable bonds is 6. The molecule has 3 rings (SSSR count). The number of β-lactam (4-membered cyclic amide) rings is 1. The summed E-state index contributed by atoms with van der Waals surface area (Å²) in [6, 6.07) is 5.30. The molecule has 1 saturated heterocycles. The molecular weight excluding hydrogens is 356 g/mol. The number of benzene rings is 1. The Bertz CT molecular complexity index is 816. The van der Waals surface area contributed by atoms with Crippen molar-refractivity contribution in [2.45, 2.75) is 32.6 Å². The molecule has 27 heavy (non-hydrogen) atoms. The number of fused-ring (bicyclic) bond motifs is 1. The Morgan fingerprint density at radius 1 is 1.37 bits per heavy atom. The molecule has 4 atom stereocenters. The Kier molecular flexibility index (Phi) is 4.88. The molecule has 2 aliphatic rings. The van der Waals surface area contributed by atoms with Gasteiger partial charge in [0.25, 0.3) is 5.69 Å². The summed E-state index contributed by atoms with van der Waals surface area (Å²) in [4.78, 5) is 36.5. The summed E-state index contributed by atoms with van der Waals surface area (Å²) in [5.74, 6) is -1.52. The number of nitrogens with zero attached hydrogens (tertiary/aromatic N) is 2. The Morgan fingerprint density at radius 3 is 2.52 bits per heavy atom. The fraction of sp³-hybridized carbons (Fsp3) is 0.444. The van der Waals surface area contributed by atoms with Crippen molar-refractivity contribution >= 4 is 17.6 Å². The number of non-ortho nitro benzene ring substituents is 1. The molecule has 1 N–H and O–H groups in total. The van der Waals surface area contributed by atoms with Gasteiger partial charge in [-0.25, -0.2) is 4.79 Å². The number of aliphatic hydroxyl groups is 1. The van der Waals surface area contributed by atoms with E-state index in [2.05, 4.69) is 0 Å². The average molecular weight is 376 g/mol. The first kappa shape index (κ1) is 18.8. The molecular formula is C18H20N2O7. The summed E-state index contributed by atoms with van der Waals surface area (Å²) in [5, 5.41) is 20.5. The molecule has 0 spiro atoms. The molecule has 0 aromatic heterocycles. The second kappa shape index (κ2) is 6.99. The number of methoxy groups -OCH3 is 1. The number of amides is 1. The van der Waals surface area contributed by atoms with Crippen LogP contribution in [0, 0.1) is 22.0 Å². The lowest BCUT2D eigenvalue weighted by atomic mass is 9.79. The van der Waals surface area contributed by atoms with E-state index in [9.17, 15) is 24.8 Å². The number of esters is 1. The number of aliphatic hydroxyl groups excluding tert-OH is 1. The molecule has 0 saturated carbocycles. The quantitative estimate of drug-likeness (QED) is 0.344. The topological polar surface area (TPSA) is 119 Å². The van der Waals surface area contributed by atoms with Crippen LogP contribution in [0.4, 0.5) is 5.69 Å². The normalized spacial score (nSPS) is 25.0. The maximum atomic E-state index is 12.6. The summed E-state index contributed by atoms with van der Waals surface area (Å²) < 4.78 is 10.6. The van der Waals surface area contributed by atoms with Crippen LogP contribution < -0.4 is 0 Å². The van der Waals surface area contributed by atoms with Gasteiger partial charge in [0.1, 0.15) is 12.4 Å². The third-order valence-corrected chi connectivity index (χ3v) is 5.04. The third-order valence-electron chi connectivity index (χ3n) is 5.04. The van der Waals surface area contributed by atoms with Crippen molar-refractivity contribution in [3.8, 4) is 0 Å². The molecule has 9 heteroatoms. The van der Waals surface area contributed by atoms with Crippen LogP contribution in [0.15, 0.2) is 35.7 Å². The largest absolute Gasteiger partial charge is 0.498 e. The first-order valence-corrected chi connectivity index (χ1v) is 8.47. The van der Waals surface area contributed by atoms with E-state index in [0.717, 1.165) is 0 Å². The maximum Gasteiger partial charge on any atom is 0.358 e. The van der Waals surface area contributed by atoms with Gasteiger partial charge < -0.3 is 14.6 Å². The van der Waals surface area contributed by atoms with Gasteiger partial charge in [0.2, 0.25) is 5.91 Å². The summed E-state index contributed by atoms with van der Waals surface area (Å²) in [6.45, 7) is 3.27. The summed E-state index contributed by atoms with van der Waals surface area (Å²) in [6.07, 6.45) is -0.824. The second-order valence-electron chi connectivity index (χ2n) is 6.67. The van der Waals surface area contributed by atoms with Gasteiger partial charge in [-0.15, -0.1) is 0 Å². The van der Waals surface area contributed by atoms with Gasteiger partial charge in [-0.2, -0.15) is 0 Å². The molecule has 2 aliphatic heterocycles. The number of carbonyl (C=O) groups is 2. The van der Waals surface area contributed by atoms with Crippen LogP contribution in [-0.4, -0.2) is 46.1 Å². The highest BCUT2D eigenvalue weighted by Crippen LogP contribution is 2.47. The fourth-order valence-electron chi connectivity index (χ4n) is 3.72. The zero-order chi connectivity index (χ0) is 19.9. The lowest BCUT2D eigenvalue weighted by Gasteiger charge is -2.46. The summed E-state index contributed by atoms with van der Waals surface area (Å²) in [5.41, 5.74) is 0.573. The zero-order valence-electron chi connectivity index (χ0n) is 15.1. The van der Waals surface area contributed by atoms with E-state index in [1.165, 1.54) is 36.3 Å². The highest BCUT2D eigenvalue weighted by atomic mass is 16.6. The van der Waals surface area contributed by atoms with E-state index in [1.54, 1.807) is 6.92 Å². The predicted octanol–water partition coefficient (Wildman–Crippen LogP) is 1.35. The van der Waals surface area contributed by atoms with Crippen LogP contribution in [0.3, 0.4) is 0 Å². The minimum Gasteiger partial charge on any atom is -0.498 e. The van der Waals surface area contributed by atoms with Crippen molar-refractivity contribution in [2.75, 3.05) is 7.11 Å². The fourth-order valence-corrected chi connectivity index (χ4v) is 3.72. The molecule has 144 valence electrons. The molecule has 1 aromatic rings. The van der Waals surface area contributed by atoms with Crippen molar-refractivity contribution < 1.29 is 29.1 Å². The van der Waals surface area contributed by atoms with Gasteiger partial charge in [0.05, 0.1) is 30.1 Å². The van der Waals surface area contributed by atoms with E-state index in [-0.39, 0.29) is 35.9 Å². The SMILES string of the molecule is COC1=C(C(=O)OCc2ccc([N+](=O)[O-])cc2)N2C(=O)[C@H]([C@@H](C)O)[C@H]2[C@@H]1C. The van der Waals surface area contributed by atoms with Crippen LogP contribution in [0.5, 0.6) is 0 Å². The highest BCUT2D eigenvalue weighted by molar-refractivity contribution is 6.00. The van der Waals surface area contributed by atoms with Crippen LogP contribution in [0.25, 0.3) is 0 Å². The maximum absolute atomic E-state index is 12.6. The summed E-state index contributed by atoms with van der Waals surface area (Å²) in [7, 11) is 1.42. The lowest BCUT2D eigenvalue weighted by Crippen LogP contribution is -2.63. The Labute approximate surface area is 155 Å². The Balaban J connectivity index is 1.74. The zero-order valence-corrected chi connectivity index (χ0v) is 15.1. The summed E-state index contributed by atoms with van der Waals surface area (Å²) >= 11 is 0. The number of carbonyl (C=O) groups excluding carboxylic acids is 2. The molecule has 0 aliphatic carbocycles. The molecule has 1 aromatic carbocycles. The van der Waals surface area contributed by atoms with E-state index in [4.69, 9.17) is 9.47 Å². The van der Waals surface area contributed by atoms with Gasteiger partial charge in [0, 0.05) is 18.1 Å². The van der Waals surface area contributed by atoms with Gasteiger partial charge in [-0.05, 0) is 24.6 Å². The molecule has 1 amide bonds. The number of nitro groups is 1. The van der Waals surface area contributed by atoms with Crippen molar-refractivity contribution in [3.63, 3.8) is 0 Å². The van der Waals surface area contributed by atoms with Crippen molar-refractivity contribution in [1.82, 2.24) is 4.90 Å². The van der Waals surface area contributed by atoms with Crippen molar-refractivity contribution in [3.05, 3.63) is 51.4 Å². The first-order chi connectivity index (χ1) is 12.8. The standard InChI is InChI=1S/C18H20N2O7/c1-9-14-13(10(2)21)17(22)19(14)15(16(9)26-3)18(23)27-8-11-4-6-12(7-5-11)20(24)25/h4-7,9-10,13-14,21H,8H2,1-3H3/t9-,10+,13+,14+/m0/s1. The molecule has 2 heterocycles. The lowest BCUT2D eigenvalue weighted by molar-refractivity contribution is -0.384. The number of hydrogen-bond donors (Lipinski definition) is 1. The monoisotopic (exact) mass is 376 g/mol. The van der Waals surface area contributed by atoms with Gasteiger partial charge >= 0.3 is 5.97 Å². The van der Waals surface area contributed by atoms with Gasteiger partial charge in [-0.1, -0.05) is 6.92 Å². The van der Waals surface area contributed by atoms with Crippen molar-refractivity contribution in [1.29, 1.82) is 0 Å². The average Bonchev–Trinajstić information content (AvgIpc) is 2.87. The smallest absolute Gasteiger partial charge is 0.358 e. The van der Waals surface area contributed by atoms with E-state index in [0.29, 0.717) is 11.3 Å². The van der Waals surface area contributed by atoms with Gasteiger partial charge in [-0.3, -0.25) is 19.8 Å². The number of hydrogen-bond acceptors (Lipinski definition) is 7. The van der Waals surface area contributed by atoms with Gasteiger partial charge in [0.15, 0.2) is 5.70 Å². The minimum absolute atomic E-state index is 0.0545. The van der Waals surface area contributed by atoms with E-state index in [1.807, 2.05) is 6.92 Å². The molecule has 9 nitrogen and oxygen atoms in total. The number of ether oxygens (including phenoxy) is 2. The first-order valence-electron chi connectivity index (χ1n) is 8.47. The van der Waals surface area contributed by atoms with Crippen LogP contribution >= 0.6 is 0 Å². The Morgan fingerprint density at radius 2 is 2.00 bits per heavy atom. The highest BCUT2D eigenvalue weighted by Gasteiger charge is 2.60. The van der Waals surface area contributed by atoms with Crippen molar-refractivity contribution in [2.24, 2.45) is 11.8 Å². The molecule has 0 bridgehead atoms. The van der Waals surface area contributed by atoms with E-state index < -0.39 is 22.9 Å². The predicted molar refractivity (Wildman–Crippen MR) is 91.9 cm³/mol. The third kappa shape index (κ3) is 3.03. The van der Waals surface area contributed by atoms with E-state index >= 15 is 0 Å². The molecule has 0 unspecified atom stereocenters.